The zero-order valence-corrected chi connectivity index (χ0v) is 22.7. The number of aliphatic hydroxyl groups excluding tert-OH is 1. The molecule has 1 aromatic heterocycles. The highest BCUT2D eigenvalue weighted by atomic mass is 32.2. The van der Waals surface area contributed by atoms with Gasteiger partial charge in [-0.25, -0.2) is 17.5 Å². The van der Waals surface area contributed by atoms with Crippen molar-refractivity contribution in [2.24, 2.45) is 22.2 Å². The number of nitrogens with zero attached hydrogens (tertiary/aromatic N) is 2. The molecule has 2 aliphatic carbocycles. The molecule has 3 N–H and O–H groups in total. The molecule has 3 heterocycles. The Bertz CT molecular complexity index is 1610. The maximum atomic E-state index is 13.9. The van der Waals surface area contributed by atoms with E-state index in [0.29, 0.717) is 0 Å². The Balaban J connectivity index is 1.39. The van der Waals surface area contributed by atoms with E-state index in [2.05, 4.69) is 14.4 Å². The molecule has 4 aliphatic rings. The van der Waals surface area contributed by atoms with E-state index in [1.807, 2.05) is 0 Å². The van der Waals surface area contributed by atoms with Gasteiger partial charge in [-0.3, -0.25) is 4.79 Å². The fourth-order valence-electron chi connectivity index (χ4n) is 6.32. The molecule has 10 nitrogen and oxygen atoms in total. The number of anilines is 1. The van der Waals surface area contributed by atoms with Gasteiger partial charge in [-0.15, -0.1) is 15.7 Å². The van der Waals surface area contributed by atoms with Gasteiger partial charge in [-0.05, 0) is 54.2 Å². The molecule has 2 unspecified atom stereocenters. The van der Waals surface area contributed by atoms with Gasteiger partial charge in [-0.2, -0.15) is 8.42 Å². The van der Waals surface area contributed by atoms with Crippen LogP contribution in [0.1, 0.15) is 30.4 Å². The zero-order chi connectivity index (χ0) is 27.0. The summed E-state index contributed by atoms with van der Waals surface area (Å²) < 4.78 is 69.2. The molecule has 38 heavy (non-hydrogen) atoms. The topological polar surface area (TPSA) is 145 Å². The Morgan fingerprint density at radius 2 is 1.95 bits per heavy atom. The molecule has 1 aromatic carbocycles. The summed E-state index contributed by atoms with van der Waals surface area (Å²) in [7, 11) is -7.87. The first-order valence-electron chi connectivity index (χ1n) is 12.1. The number of carbonyl (C=O) groups excluding carboxylic acids is 1. The molecular formula is C24H25FN4O6S3. The van der Waals surface area contributed by atoms with Crippen LogP contribution in [0.25, 0.3) is 0 Å². The summed E-state index contributed by atoms with van der Waals surface area (Å²) in [6.07, 6.45) is 3.69. The van der Waals surface area contributed by atoms with Crippen molar-refractivity contribution in [3.63, 3.8) is 0 Å². The molecule has 6 rings (SSSR count). The number of amidine groups is 1. The van der Waals surface area contributed by atoms with E-state index in [-0.39, 0.29) is 69.5 Å². The summed E-state index contributed by atoms with van der Waals surface area (Å²) in [6, 6.07) is 5.62. The number of benzene rings is 1. The van der Waals surface area contributed by atoms with E-state index in [9.17, 15) is 31.1 Å². The van der Waals surface area contributed by atoms with Crippen LogP contribution in [0, 0.1) is 23.6 Å². The number of hydrogen-bond acceptors (Lipinski definition) is 8. The van der Waals surface area contributed by atoms with Gasteiger partial charge in [0.15, 0.2) is 5.84 Å². The van der Waals surface area contributed by atoms with E-state index in [4.69, 9.17) is 0 Å². The number of hydrogen-bond donors (Lipinski definition) is 3. The van der Waals surface area contributed by atoms with Gasteiger partial charge in [0.2, 0.25) is 10.0 Å². The average molecular weight is 581 g/mol. The van der Waals surface area contributed by atoms with E-state index in [0.717, 1.165) is 42.4 Å². The lowest BCUT2D eigenvalue weighted by Crippen LogP contribution is -2.53. The minimum atomic E-state index is -4.31. The van der Waals surface area contributed by atoms with Crippen molar-refractivity contribution in [3.05, 3.63) is 57.9 Å². The van der Waals surface area contributed by atoms with Gasteiger partial charge in [0.25, 0.3) is 15.9 Å². The normalized spacial score (nSPS) is 27.7. The van der Waals surface area contributed by atoms with Crippen molar-refractivity contribution in [1.29, 1.82) is 0 Å². The standard InChI is InChI=1S/C24H25FN4O6S3/c1-37(32,33)26-9-15-11-36-23-21(15)38(34,35)28-22(27-23)18-20(30)17-13-4-5-14(8-13)19(17)29(24(18)31)10-12-2-6-16(25)7-3-12/h2-3,6-7,11,13-14,17,19,26,30H,4-5,8-10H2,1H3,(H,27,28)/t13-,14+,17?,19?/m0/s1. The number of aliphatic hydroxyl groups is 1. The number of rotatable bonds is 6. The predicted octanol–water partition coefficient (Wildman–Crippen LogP) is 2.72. The molecule has 0 saturated heterocycles. The molecule has 0 spiro atoms. The number of amides is 1. The summed E-state index contributed by atoms with van der Waals surface area (Å²) >= 11 is 1.04. The van der Waals surface area contributed by atoms with Crippen LogP contribution in [0.3, 0.4) is 0 Å². The molecule has 2 bridgehead atoms. The zero-order valence-electron chi connectivity index (χ0n) is 20.2. The van der Waals surface area contributed by atoms with Gasteiger partial charge in [-0.1, -0.05) is 12.1 Å². The molecule has 0 radical (unpaired) electrons. The molecule has 4 atom stereocenters. The first kappa shape index (κ1) is 25.5. The van der Waals surface area contributed by atoms with E-state index in [1.54, 1.807) is 17.0 Å². The maximum absolute atomic E-state index is 13.9. The molecule has 202 valence electrons. The predicted molar refractivity (Wildman–Crippen MR) is 139 cm³/mol. The monoisotopic (exact) mass is 580 g/mol. The summed E-state index contributed by atoms with van der Waals surface area (Å²) in [5.41, 5.74) is 0.765. The Morgan fingerprint density at radius 1 is 1.24 bits per heavy atom. The van der Waals surface area contributed by atoms with Crippen LogP contribution >= 0.6 is 11.3 Å². The van der Waals surface area contributed by atoms with Crippen LogP contribution in [0.5, 0.6) is 0 Å². The number of halogens is 1. The second kappa shape index (κ2) is 8.86. The van der Waals surface area contributed by atoms with Gasteiger partial charge < -0.3 is 15.3 Å². The largest absolute Gasteiger partial charge is 0.511 e. The average Bonchev–Trinajstić information content (AvgIpc) is 3.56. The van der Waals surface area contributed by atoms with Gasteiger partial charge >= 0.3 is 0 Å². The molecule has 2 aliphatic heterocycles. The van der Waals surface area contributed by atoms with Gasteiger partial charge in [0.05, 0.1) is 6.26 Å². The van der Waals surface area contributed by atoms with E-state index < -0.39 is 31.8 Å². The van der Waals surface area contributed by atoms with E-state index >= 15 is 0 Å². The van der Waals surface area contributed by atoms with Gasteiger partial charge in [0, 0.05) is 30.6 Å². The summed E-state index contributed by atoms with van der Waals surface area (Å²) in [4.78, 5) is 15.4. The third-order valence-corrected chi connectivity index (χ3v) is 11.0. The van der Waals surface area contributed by atoms with Crippen molar-refractivity contribution in [1.82, 2.24) is 9.62 Å². The molecule has 1 amide bonds. The summed E-state index contributed by atoms with van der Waals surface area (Å²) in [5, 5.41) is 16.0. The fraction of sp³-hybridized carbons (Fsp3) is 0.417. The minimum Gasteiger partial charge on any atom is -0.511 e. The Kier molecular flexibility index (Phi) is 5.94. The smallest absolute Gasteiger partial charge is 0.287 e. The van der Waals surface area contributed by atoms with Crippen LogP contribution in [0.4, 0.5) is 9.39 Å². The summed E-state index contributed by atoms with van der Waals surface area (Å²) in [5.74, 6) is -1.29. The highest BCUT2D eigenvalue weighted by Crippen LogP contribution is 2.55. The lowest BCUT2D eigenvalue weighted by atomic mass is 9.77. The SMILES string of the molecule is CS(=O)(=O)NCc1csc2c1S(=O)(=O)N=C(C1=C(O)C3C([C@@H]4CC[C@H]3C4)N(Cc3ccc(F)cc3)C1=O)N2. The molecule has 2 aromatic rings. The number of nitrogens with one attached hydrogen (secondary N) is 2. The van der Waals surface area contributed by atoms with Crippen LogP contribution in [-0.2, 0) is 37.9 Å². The fourth-order valence-corrected chi connectivity index (χ4v) is 9.35. The van der Waals surface area contributed by atoms with Crippen molar-refractivity contribution in [2.45, 2.75) is 43.3 Å². The molecule has 2 saturated carbocycles. The van der Waals surface area contributed by atoms with Crippen LogP contribution in [0.2, 0.25) is 0 Å². The highest BCUT2D eigenvalue weighted by Gasteiger charge is 2.57. The van der Waals surface area contributed by atoms with Crippen molar-refractivity contribution in [3.8, 4) is 0 Å². The van der Waals surface area contributed by atoms with Crippen molar-refractivity contribution < 1.29 is 31.1 Å². The van der Waals surface area contributed by atoms with Crippen molar-refractivity contribution >= 4 is 48.1 Å². The van der Waals surface area contributed by atoms with Crippen molar-refractivity contribution in [2.75, 3.05) is 11.6 Å². The summed E-state index contributed by atoms with van der Waals surface area (Å²) in [6.45, 7) is -0.0482. The maximum Gasteiger partial charge on any atom is 0.287 e. The van der Waals surface area contributed by atoms with Gasteiger partial charge in [0.1, 0.15) is 27.0 Å². The Morgan fingerprint density at radius 3 is 2.66 bits per heavy atom. The third kappa shape index (κ3) is 4.23. The van der Waals surface area contributed by atoms with Crippen LogP contribution < -0.4 is 10.0 Å². The quantitative estimate of drug-likeness (QED) is 0.476. The number of fused-ring (bicyclic) bond motifs is 6. The number of thiophene rings is 1. The Labute approximate surface area is 223 Å². The lowest BCUT2D eigenvalue weighted by molar-refractivity contribution is -0.134. The lowest BCUT2D eigenvalue weighted by Gasteiger charge is -2.44. The molecule has 14 heteroatoms. The Hall–Kier alpha value is -2.81. The third-order valence-electron chi connectivity index (χ3n) is 7.83. The second-order valence-corrected chi connectivity index (χ2v) is 14.5. The van der Waals surface area contributed by atoms with Crippen LogP contribution in [-0.4, -0.2) is 50.9 Å². The highest BCUT2D eigenvalue weighted by molar-refractivity contribution is 7.91. The molecule has 2 fully saturated rings. The number of carbonyl (C=O) groups is 1. The molecular weight excluding hydrogens is 555 g/mol. The van der Waals surface area contributed by atoms with Crippen LogP contribution in [0.15, 0.2) is 50.3 Å². The number of sulfonamides is 2. The van der Waals surface area contributed by atoms with E-state index in [1.165, 1.54) is 17.5 Å². The first-order valence-corrected chi connectivity index (χ1v) is 16.3. The minimum absolute atomic E-state index is 0.150. The second-order valence-electron chi connectivity index (χ2n) is 10.2. The first-order chi connectivity index (χ1) is 17.9.